The van der Waals surface area contributed by atoms with Gasteiger partial charge in [-0.2, -0.15) is 0 Å². The van der Waals surface area contributed by atoms with Gasteiger partial charge in [-0.15, -0.1) is 0 Å². The topological polar surface area (TPSA) is 41.6 Å². The van der Waals surface area contributed by atoms with Crippen molar-refractivity contribution in [2.75, 3.05) is 25.5 Å². The quantitative estimate of drug-likeness (QED) is 0.911. The maximum Gasteiger partial charge on any atom is 0.321 e. The predicted molar refractivity (Wildman–Crippen MR) is 99.5 cm³/mol. The van der Waals surface area contributed by atoms with E-state index in [1.165, 1.54) is 0 Å². The van der Waals surface area contributed by atoms with Crippen LogP contribution in [0.25, 0.3) is 11.1 Å². The number of carbonyl (C=O) groups excluding carboxylic acids is 1. The van der Waals surface area contributed by atoms with E-state index >= 15 is 0 Å². The lowest BCUT2D eigenvalue weighted by molar-refractivity contribution is -0.00364. The number of amides is 2. The van der Waals surface area contributed by atoms with Crippen LogP contribution in [0.1, 0.15) is 12.8 Å². The summed E-state index contributed by atoms with van der Waals surface area (Å²) < 4.78 is 5.64. The maximum atomic E-state index is 12.8. The van der Waals surface area contributed by atoms with Crippen LogP contribution in [-0.4, -0.2) is 37.2 Å². The normalized spacial score (nSPS) is 25.0. The molecule has 2 aromatic rings. The van der Waals surface area contributed by atoms with Crippen molar-refractivity contribution in [3.63, 3.8) is 0 Å². The summed E-state index contributed by atoms with van der Waals surface area (Å²) in [6, 6.07) is 18.1. The molecule has 0 spiro atoms. The maximum absolute atomic E-state index is 12.8. The van der Waals surface area contributed by atoms with Gasteiger partial charge in [-0.3, -0.25) is 0 Å². The van der Waals surface area contributed by atoms with Gasteiger partial charge in [0, 0.05) is 37.6 Å². The summed E-state index contributed by atoms with van der Waals surface area (Å²) in [4.78, 5) is 14.8. The van der Waals surface area contributed by atoms with Gasteiger partial charge in [-0.1, -0.05) is 48.5 Å². The fraction of sp³-hybridized carbons (Fsp3) is 0.381. The van der Waals surface area contributed by atoms with Crippen LogP contribution in [0.3, 0.4) is 0 Å². The molecule has 4 nitrogen and oxygen atoms in total. The third-order valence-electron chi connectivity index (χ3n) is 5.56. The first-order valence-corrected chi connectivity index (χ1v) is 8.99. The number of piperidine rings is 1. The molecule has 25 heavy (non-hydrogen) atoms. The molecule has 1 unspecified atom stereocenters. The summed E-state index contributed by atoms with van der Waals surface area (Å²) >= 11 is 0. The molecule has 1 aliphatic carbocycles. The summed E-state index contributed by atoms with van der Waals surface area (Å²) in [6.07, 6.45) is 2.64. The number of nitrogens with one attached hydrogen (secondary N) is 1. The van der Waals surface area contributed by atoms with Gasteiger partial charge in [-0.25, -0.2) is 4.79 Å². The second-order valence-electron chi connectivity index (χ2n) is 7.04. The summed E-state index contributed by atoms with van der Waals surface area (Å²) in [6.45, 7) is 1.57. The van der Waals surface area contributed by atoms with E-state index in [9.17, 15) is 4.79 Å². The lowest BCUT2D eigenvalue weighted by atomic mass is 9.95. The Hall–Kier alpha value is -2.33. The highest BCUT2D eigenvalue weighted by atomic mass is 16.5. The van der Waals surface area contributed by atoms with Crippen molar-refractivity contribution in [3.8, 4) is 11.1 Å². The Balaban J connectivity index is 1.51. The summed E-state index contributed by atoms with van der Waals surface area (Å²) in [7, 11) is 1.79. The van der Waals surface area contributed by atoms with Crippen molar-refractivity contribution < 1.29 is 9.53 Å². The van der Waals surface area contributed by atoms with E-state index in [4.69, 9.17) is 4.74 Å². The van der Waals surface area contributed by atoms with E-state index in [0.717, 1.165) is 42.7 Å². The molecular weight excluding hydrogens is 312 g/mol. The van der Waals surface area contributed by atoms with Gasteiger partial charge in [0.15, 0.2) is 0 Å². The molecule has 1 N–H and O–H groups in total. The number of rotatable bonds is 3. The minimum Gasteiger partial charge on any atom is -0.381 e. The number of fused-ring (bicyclic) bond motifs is 2. The molecule has 2 fully saturated rings. The highest BCUT2D eigenvalue weighted by Crippen LogP contribution is 2.39. The zero-order valence-corrected chi connectivity index (χ0v) is 14.5. The van der Waals surface area contributed by atoms with Crippen LogP contribution in [0.5, 0.6) is 0 Å². The summed E-state index contributed by atoms with van der Waals surface area (Å²) in [5.41, 5.74) is 3.02. The van der Waals surface area contributed by atoms with E-state index in [0.29, 0.717) is 17.9 Å². The van der Waals surface area contributed by atoms with Gasteiger partial charge in [0.2, 0.25) is 0 Å². The first kappa shape index (κ1) is 16.2. The van der Waals surface area contributed by atoms with Gasteiger partial charge in [0.25, 0.3) is 0 Å². The van der Waals surface area contributed by atoms with Crippen molar-refractivity contribution in [3.05, 3.63) is 54.6 Å². The Labute approximate surface area is 148 Å². The molecule has 1 saturated carbocycles. The van der Waals surface area contributed by atoms with Gasteiger partial charge in [0.1, 0.15) is 0 Å². The molecule has 3 atom stereocenters. The number of carbonyl (C=O) groups is 1. The number of urea groups is 1. The molecule has 2 bridgehead atoms. The van der Waals surface area contributed by atoms with Crippen LogP contribution < -0.4 is 5.32 Å². The minimum absolute atomic E-state index is 0.00478. The molecule has 1 saturated heterocycles. The monoisotopic (exact) mass is 336 g/mol. The zero-order chi connectivity index (χ0) is 17.2. The number of likely N-dealkylation sites (tertiary alicyclic amines) is 1. The van der Waals surface area contributed by atoms with E-state index in [1.54, 1.807) is 7.11 Å². The zero-order valence-electron chi connectivity index (χ0n) is 14.5. The molecule has 2 aromatic carbocycles. The Morgan fingerprint density at radius 2 is 1.64 bits per heavy atom. The van der Waals surface area contributed by atoms with E-state index < -0.39 is 0 Å². The third kappa shape index (κ3) is 3.14. The summed E-state index contributed by atoms with van der Waals surface area (Å²) in [5, 5.41) is 3.13. The van der Waals surface area contributed by atoms with Crippen molar-refractivity contribution >= 4 is 11.7 Å². The van der Waals surface area contributed by atoms with E-state index in [1.807, 2.05) is 47.4 Å². The Kier molecular flexibility index (Phi) is 4.45. The fourth-order valence-corrected chi connectivity index (χ4v) is 4.38. The molecule has 1 aliphatic heterocycles. The number of nitrogens with zero attached hydrogens (tertiary/aromatic N) is 1. The number of hydrogen-bond donors (Lipinski definition) is 1. The highest BCUT2D eigenvalue weighted by molar-refractivity contribution is 5.94. The number of methoxy groups -OCH3 is 1. The molecule has 2 amide bonds. The first-order chi connectivity index (χ1) is 12.3. The van der Waals surface area contributed by atoms with E-state index in [-0.39, 0.29) is 6.03 Å². The lowest BCUT2D eigenvalue weighted by Crippen LogP contribution is -2.49. The molecule has 4 heteroatoms. The Bertz CT molecular complexity index is 733. The number of anilines is 1. The molecule has 4 rings (SSSR count). The van der Waals surface area contributed by atoms with Crippen LogP contribution in [0, 0.1) is 11.8 Å². The molecule has 2 aliphatic rings. The van der Waals surface area contributed by atoms with Crippen LogP contribution >= 0.6 is 0 Å². The molecular formula is C21H24N2O2. The Morgan fingerprint density at radius 3 is 2.32 bits per heavy atom. The van der Waals surface area contributed by atoms with Crippen LogP contribution in [0.15, 0.2) is 54.6 Å². The smallest absolute Gasteiger partial charge is 0.321 e. The number of para-hydroxylation sites is 1. The lowest BCUT2D eigenvalue weighted by Gasteiger charge is -2.37. The van der Waals surface area contributed by atoms with Crippen molar-refractivity contribution in [1.82, 2.24) is 4.90 Å². The van der Waals surface area contributed by atoms with Gasteiger partial charge >= 0.3 is 6.03 Å². The van der Waals surface area contributed by atoms with Crippen molar-refractivity contribution in [2.45, 2.75) is 18.9 Å². The van der Waals surface area contributed by atoms with Crippen LogP contribution in [0.4, 0.5) is 10.5 Å². The Morgan fingerprint density at radius 1 is 1.00 bits per heavy atom. The van der Waals surface area contributed by atoms with Crippen LogP contribution in [0.2, 0.25) is 0 Å². The SMILES string of the molecule is COC1[C@@H]2CC[C@H]1CN(C(=O)Nc1ccccc1-c1ccccc1)C2. The second-order valence-corrected chi connectivity index (χ2v) is 7.04. The predicted octanol–water partition coefficient (Wildman–Crippen LogP) is 4.24. The number of ether oxygens (including phenoxy) is 1. The summed E-state index contributed by atoms with van der Waals surface area (Å²) in [5.74, 6) is 0.942. The highest BCUT2D eigenvalue weighted by Gasteiger charge is 2.43. The largest absolute Gasteiger partial charge is 0.381 e. The van der Waals surface area contributed by atoms with Crippen molar-refractivity contribution in [2.24, 2.45) is 11.8 Å². The van der Waals surface area contributed by atoms with Crippen molar-refractivity contribution in [1.29, 1.82) is 0 Å². The fourth-order valence-electron chi connectivity index (χ4n) is 4.38. The van der Waals surface area contributed by atoms with Gasteiger partial charge in [0.05, 0.1) is 11.8 Å². The van der Waals surface area contributed by atoms with Crippen LogP contribution in [-0.2, 0) is 4.74 Å². The second kappa shape index (κ2) is 6.89. The number of benzene rings is 2. The first-order valence-electron chi connectivity index (χ1n) is 8.99. The standard InChI is InChI=1S/C21H24N2O2/c1-25-20-16-11-12-17(20)14-23(13-16)21(24)22-19-10-6-5-9-18(19)15-7-3-2-4-8-15/h2-10,16-17,20H,11-14H2,1H3,(H,22,24)/t16-,17+,20?. The minimum atomic E-state index is -0.00478. The molecule has 0 radical (unpaired) electrons. The average Bonchev–Trinajstić information content (AvgIpc) is 2.90. The molecule has 1 heterocycles. The molecule has 0 aromatic heterocycles. The van der Waals surface area contributed by atoms with Gasteiger partial charge in [-0.05, 0) is 24.5 Å². The number of hydrogen-bond acceptors (Lipinski definition) is 2. The van der Waals surface area contributed by atoms with Gasteiger partial charge < -0.3 is 15.0 Å². The molecule has 130 valence electrons. The average molecular weight is 336 g/mol. The van der Waals surface area contributed by atoms with E-state index in [2.05, 4.69) is 17.4 Å². The third-order valence-corrected chi connectivity index (χ3v) is 5.56.